The summed E-state index contributed by atoms with van der Waals surface area (Å²) in [5, 5.41) is 65.4. The lowest BCUT2D eigenvalue weighted by Gasteiger charge is -2.33. The number of nitrogens with two attached hydrogens (primary N) is 2. The number of hydrogen-bond donors (Lipinski definition) is 6. The second-order valence-electron chi connectivity index (χ2n) is 25.6. The van der Waals surface area contributed by atoms with E-state index >= 15 is 0 Å². The van der Waals surface area contributed by atoms with Crippen molar-refractivity contribution < 1.29 is 101 Å². The minimum atomic E-state index is -0.985. The normalized spacial score (nSPS) is 15.4. The average Bonchev–Trinajstić information content (AvgIpc) is 1.68. The fourth-order valence-electron chi connectivity index (χ4n) is 12.1. The van der Waals surface area contributed by atoms with Crippen molar-refractivity contribution >= 4 is 49.7 Å². The van der Waals surface area contributed by atoms with Crippen molar-refractivity contribution in [2.75, 3.05) is 158 Å². The van der Waals surface area contributed by atoms with Gasteiger partial charge < -0.3 is 108 Å². The van der Waals surface area contributed by atoms with Gasteiger partial charge in [0.15, 0.2) is 5.96 Å². The number of aromatic nitrogens is 12. The van der Waals surface area contributed by atoms with Crippen molar-refractivity contribution in [1.29, 1.82) is 0 Å². The van der Waals surface area contributed by atoms with Gasteiger partial charge in [0.1, 0.15) is 55.0 Å². The minimum Gasteiger partial charge on any atom is -0.508 e. The predicted octanol–water partition coefficient (Wildman–Crippen LogP) is 5.00. The number of amides is 2. The number of carbonyl (C=O) groups is 3. The largest absolute Gasteiger partial charge is 0.508 e. The summed E-state index contributed by atoms with van der Waals surface area (Å²) in [5.41, 5.74) is 18.4. The molecule has 0 fully saturated rings. The second-order valence-corrected chi connectivity index (χ2v) is 25.6. The Hall–Kier alpha value is -9.72. The Labute approximate surface area is 669 Å². The first kappa shape index (κ1) is 92.5. The number of aliphatic imine (C=N–C) groups is 1. The molecule has 0 bridgehead atoms. The lowest BCUT2D eigenvalue weighted by atomic mass is 9.95. The van der Waals surface area contributed by atoms with E-state index in [2.05, 4.69) is 80.6 Å². The third kappa shape index (κ3) is 34.3. The number of nitrogens with zero attached hydrogens (tertiary/aromatic N) is 15. The number of aromatic hydroxyl groups is 1. The van der Waals surface area contributed by atoms with Crippen molar-refractivity contribution in [2.45, 2.75) is 148 Å². The van der Waals surface area contributed by atoms with Gasteiger partial charge in [-0.3, -0.25) is 9.79 Å². The molecule has 8 N–H and O–H groups in total. The Balaban J connectivity index is 0.000000320. The van der Waals surface area contributed by atoms with Gasteiger partial charge in [0.25, 0.3) is 0 Å². The van der Waals surface area contributed by atoms with E-state index in [1.807, 2.05) is 65.7 Å². The molecule has 0 saturated carbocycles. The van der Waals surface area contributed by atoms with Gasteiger partial charge in [-0.2, -0.15) is 0 Å². The topological polar surface area (TPSA) is 475 Å². The van der Waals surface area contributed by atoms with Gasteiger partial charge in [-0.05, 0) is 81.7 Å². The molecule has 4 heterocycles. The van der Waals surface area contributed by atoms with Crippen LogP contribution in [0.5, 0.6) is 5.75 Å². The van der Waals surface area contributed by atoms with Gasteiger partial charge >= 0.3 is 18.2 Å². The molecule has 4 aromatic heterocycles. The summed E-state index contributed by atoms with van der Waals surface area (Å²) in [6.45, 7) is 20.5. The number of alkyl carbamates (subject to hydrolysis) is 2. The second kappa shape index (κ2) is 54.9. The molecule has 2 amide bonds. The van der Waals surface area contributed by atoms with E-state index in [4.69, 9.17) is 92.6 Å². The summed E-state index contributed by atoms with van der Waals surface area (Å²) in [5.74, 6) is -2.77. The fourth-order valence-corrected chi connectivity index (χ4v) is 12.1. The van der Waals surface area contributed by atoms with Crippen molar-refractivity contribution in [2.24, 2.45) is 26.8 Å². The maximum atomic E-state index is 12.3. The van der Waals surface area contributed by atoms with Crippen LogP contribution in [0.25, 0.3) is 12.2 Å². The van der Waals surface area contributed by atoms with E-state index in [-0.39, 0.29) is 117 Å². The minimum absolute atomic E-state index is 0.00736. The van der Waals surface area contributed by atoms with Crippen LogP contribution < -0.4 is 22.1 Å². The lowest BCUT2D eigenvalue weighted by Crippen LogP contribution is -2.37. The number of carbonyl (C=O) groups excluding carboxylic acids is 2. The fraction of sp³-hybridized carbons (Fsp3) is 0.627. The Morgan fingerprint density at radius 3 is 1.52 bits per heavy atom. The van der Waals surface area contributed by atoms with Crippen LogP contribution >= 0.6 is 0 Å². The number of carboxylic acids is 1. The number of benzene rings is 2. The molecule has 8 rings (SSSR count). The Bertz CT molecular complexity index is 3770. The van der Waals surface area contributed by atoms with Crippen LogP contribution in [0.15, 0.2) is 69.9 Å². The molecule has 40 nitrogen and oxygen atoms in total. The van der Waals surface area contributed by atoms with E-state index in [0.717, 1.165) is 85.3 Å². The van der Waals surface area contributed by atoms with Crippen LogP contribution in [0.2, 0.25) is 0 Å². The molecule has 0 saturated heterocycles. The monoisotopic (exact) mass is 1620 g/mol. The van der Waals surface area contributed by atoms with Crippen molar-refractivity contribution in [3.63, 3.8) is 0 Å². The number of nitrogens with one attached hydrogen (secondary N) is 2. The summed E-state index contributed by atoms with van der Waals surface area (Å²) < 4.78 is 87.6. The molecule has 636 valence electrons. The Kier molecular flexibility index (Phi) is 44.2. The number of phenolic OH excluding ortho intramolecular Hbond substituents is 1. The van der Waals surface area contributed by atoms with Gasteiger partial charge in [-0.25, -0.2) is 28.3 Å². The first-order valence-electron chi connectivity index (χ1n) is 38.9. The average molecular weight is 1620 g/mol. The van der Waals surface area contributed by atoms with E-state index in [0.29, 0.717) is 148 Å². The number of rotatable bonds is 58. The number of phenols is 1. The molecule has 0 spiro atoms. The van der Waals surface area contributed by atoms with Gasteiger partial charge in [0.05, 0.1) is 181 Å². The highest BCUT2D eigenvalue weighted by atomic mass is 16.7. The zero-order valence-corrected chi connectivity index (χ0v) is 66.2. The van der Waals surface area contributed by atoms with Gasteiger partial charge in [-0.1, -0.05) is 82.2 Å². The van der Waals surface area contributed by atoms with Gasteiger partial charge in [-0.15, -0.1) is 30.7 Å². The van der Waals surface area contributed by atoms with E-state index in [1.165, 1.54) is 4.68 Å². The standard InChI is InChI=1S/C42H58N8O10.C33H57N11O11/c1-3-58-42(59-30-31-60-43-2)19-9-5-8-12-39-40(42)46-48-50(39)21-24-54-27-29-55-28-26-53-23-20-44-41(52)57-25-22-49-38(18-15-34-10-6-4-7-11-34)37(45-47-49)33-56-32-35-13-16-36(51)17-14-35;1-3-53-33(54-23-24-55-36-2)10-6-4-5-7-28-30(33)40-42-44(28)13-17-49-20-22-50-21-19-48-15-12-38-32(47)52-18-14-43-27(8-9-29(45)46)26(39-41-43)25-51-16-11-37-31(34)35/h4,6-7,10-11,13-18,51H,2-3,5,8-9,12,19-33H2,1H3,(H,44,52);2-25H2,1H3,(H,38,47)(H,45,46)(H4,34,35,37)/b18-15+;. The molecule has 2 aliphatic rings. The summed E-state index contributed by atoms with van der Waals surface area (Å²) in [6, 6.07) is 16.7. The van der Waals surface area contributed by atoms with E-state index in [9.17, 15) is 19.5 Å². The Morgan fingerprint density at radius 2 is 1.00 bits per heavy atom. The van der Waals surface area contributed by atoms with Crippen LogP contribution in [0.3, 0.4) is 0 Å². The van der Waals surface area contributed by atoms with Crippen molar-refractivity contribution in [3.05, 3.63) is 111 Å². The summed E-state index contributed by atoms with van der Waals surface area (Å²) in [4.78, 5) is 49.4. The number of carboxylic acid groups (broad SMARTS) is 1. The maximum Gasteiger partial charge on any atom is 0.407 e. The third-order valence-corrected chi connectivity index (χ3v) is 17.5. The van der Waals surface area contributed by atoms with Crippen molar-refractivity contribution in [1.82, 2.24) is 70.6 Å². The van der Waals surface area contributed by atoms with Gasteiger partial charge in [0, 0.05) is 59.0 Å². The van der Waals surface area contributed by atoms with Crippen molar-refractivity contribution in [3.8, 4) is 5.75 Å². The molecule has 2 aliphatic carbocycles. The third-order valence-electron chi connectivity index (χ3n) is 17.5. The molecule has 6 aromatic rings. The molecular formula is C75H115N19O21. The summed E-state index contributed by atoms with van der Waals surface area (Å²) in [7, 11) is 0. The number of fused-ring (bicyclic) bond motifs is 2. The summed E-state index contributed by atoms with van der Waals surface area (Å²) in [6.07, 6.45) is 11.8. The molecule has 0 radical (unpaired) electrons. The number of oxime groups is 2. The smallest absolute Gasteiger partial charge is 0.407 e. The molecule has 40 heteroatoms. The number of ether oxygens (including phenoxy) is 14. The quantitative estimate of drug-likeness (QED) is 0.00961. The maximum absolute atomic E-state index is 12.3. The number of guanidine groups is 1. The van der Waals surface area contributed by atoms with Gasteiger partial charge in [0.2, 0.25) is 11.6 Å². The zero-order valence-electron chi connectivity index (χ0n) is 66.2. The number of aliphatic carboxylic acids is 1. The van der Waals surface area contributed by atoms with Crippen LogP contribution in [0, 0.1) is 0 Å². The molecule has 0 aliphatic heterocycles. The highest BCUT2D eigenvalue weighted by Gasteiger charge is 2.42. The van der Waals surface area contributed by atoms with Crippen LogP contribution in [0.1, 0.15) is 128 Å². The predicted molar refractivity (Wildman–Crippen MR) is 416 cm³/mol. The molecule has 2 atom stereocenters. The number of hydrogen-bond acceptors (Lipinski definition) is 31. The van der Waals surface area contributed by atoms with Crippen LogP contribution in [-0.4, -0.2) is 266 Å². The molecular weight excluding hydrogens is 1500 g/mol. The molecule has 2 aromatic carbocycles. The molecule has 115 heavy (non-hydrogen) atoms. The van der Waals surface area contributed by atoms with Crippen LogP contribution in [0.4, 0.5) is 9.59 Å². The van der Waals surface area contributed by atoms with E-state index in [1.54, 1.807) is 28.9 Å². The van der Waals surface area contributed by atoms with Crippen LogP contribution in [-0.2, 0) is 158 Å². The highest BCUT2D eigenvalue weighted by molar-refractivity contribution is 5.75. The van der Waals surface area contributed by atoms with E-state index < -0.39 is 29.7 Å². The Morgan fingerprint density at radius 1 is 0.513 bits per heavy atom. The highest BCUT2D eigenvalue weighted by Crippen LogP contribution is 2.38. The zero-order chi connectivity index (χ0) is 81.7. The first-order valence-corrected chi connectivity index (χ1v) is 38.9. The first-order chi connectivity index (χ1) is 56.3. The SMILES string of the molecule is C=NOCCOC1(OCC)CCCCCc2c1nnn2CCOCCOCCOCCNC(=O)OCCn1nnc(COCCN=C(N)N)c1CCC(=O)O.C=NOCCOC1(OCC)CCCCCc2c1nnn2CCOCCOCCOCCNC(=O)OCCn1nnc(COCc2ccc(O)cc2)c1/C=C/c1ccccc1. The lowest BCUT2D eigenvalue weighted by molar-refractivity contribution is -0.257. The molecule has 2 unspecified atom stereocenters. The summed E-state index contributed by atoms with van der Waals surface area (Å²) >= 11 is 0.